The van der Waals surface area contributed by atoms with Crippen LogP contribution in [-0.4, -0.2) is 57.6 Å². The fourth-order valence-electron chi connectivity index (χ4n) is 2.93. The van der Waals surface area contributed by atoms with E-state index in [1.807, 2.05) is 19.2 Å². The maximum absolute atomic E-state index is 5.38. The predicted octanol–water partition coefficient (Wildman–Crippen LogP) is 1.95. The Morgan fingerprint density at radius 3 is 2.70 bits per heavy atom. The number of rotatable bonds is 6. The summed E-state index contributed by atoms with van der Waals surface area (Å²) in [7, 11) is 0. The van der Waals surface area contributed by atoms with Crippen molar-refractivity contribution in [2.75, 3.05) is 32.7 Å². The van der Waals surface area contributed by atoms with Crippen LogP contribution in [0.2, 0.25) is 0 Å². The second-order valence-electron chi connectivity index (χ2n) is 6.03. The fraction of sp³-hybridized carbons (Fsp3) is 0.588. The Labute approximate surface area is 137 Å². The van der Waals surface area contributed by atoms with Gasteiger partial charge in [-0.25, -0.2) is 0 Å². The third kappa shape index (κ3) is 4.14. The average Bonchev–Trinajstić information content (AvgIpc) is 3.10. The molecule has 1 aliphatic rings. The van der Waals surface area contributed by atoms with E-state index < -0.39 is 0 Å². The van der Waals surface area contributed by atoms with Crippen molar-refractivity contribution in [2.24, 2.45) is 0 Å². The van der Waals surface area contributed by atoms with Gasteiger partial charge in [0.15, 0.2) is 5.82 Å². The fourth-order valence-corrected chi connectivity index (χ4v) is 2.93. The van der Waals surface area contributed by atoms with Crippen molar-refractivity contribution in [2.45, 2.75) is 32.7 Å². The Balaban J connectivity index is 1.46. The summed E-state index contributed by atoms with van der Waals surface area (Å²) in [6, 6.07) is 6.31. The number of nitrogens with zero attached hydrogens (tertiary/aromatic N) is 5. The molecule has 23 heavy (non-hydrogen) atoms. The van der Waals surface area contributed by atoms with Gasteiger partial charge in [0.05, 0.1) is 6.04 Å². The van der Waals surface area contributed by atoms with Crippen molar-refractivity contribution < 1.29 is 4.52 Å². The molecule has 0 N–H and O–H groups in total. The lowest BCUT2D eigenvalue weighted by Crippen LogP contribution is -2.47. The highest BCUT2D eigenvalue weighted by Gasteiger charge is 2.25. The Morgan fingerprint density at radius 2 is 2.04 bits per heavy atom. The summed E-state index contributed by atoms with van der Waals surface area (Å²) < 4.78 is 5.38. The first kappa shape index (κ1) is 16.1. The summed E-state index contributed by atoms with van der Waals surface area (Å²) in [5.74, 6) is 1.53. The van der Waals surface area contributed by atoms with Crippen LogP contribution in [0.4, 0.5) is 0 Å². The van der Waals surface area contributed by atoms with E-state index in [0.29, 0.717) is 0 Å². The summed E-state index contributed by atoms with van der Waals surface area (Å²) in [5, 5.41) is 4.00. The molecule has 0 amide bonds. The van der Waals surface area contributed by atoms with Gasteiger partial charge in [-0.2, -0.15) is 4.98 Å². The van der Waals surface area contributed by atoms with Gasteiger partial charge in [-0.15, -0.1) is 0 Å². The van der Waals surface area contributed by atoms with Crippen molar-refractivity contribution in [1.29, 1.82) is 0 Å². The summed E-state index contributed by atoms with van der Waals surface area (Å²) in [6.45, 7) is 9.48. The molecular formula is C17H25N5O. The summed E-state index contributed by atoms with van der Waals surface area (Å²) in [4.78, 5) is 13.8. The maximum Gasteiger partial charge on any atom is 0.243 e. The van der Waals surface area contributed by atoms with Crippen LogP contribution in [0.25, 0.3) is 0 Å². The Hall–Kier alpha value is -1.79. The van der Waals surface area contributed by atoms with Crippen molar-refractivity contribution in [3.63, 3.8) is 0 Å². The number of hydrogen-bond acceptors (Lipinski definition) is 6. The Kier molecular flexibility index (Phi) is 5.35. The van der Waals surface area contributed by atoms with Crippen LogP contribution in [0, 0.1) is 0 Å². The molecule has 1 atom stereocenters. The highest BCUT2D eigenvalue weighted by molar-refractivity contribution is 5.04. The minimum absolute atomic E-state index is 0.195. The predicted molar refractivity (Wildman–Crippen MR) is 88.0 cm³/mol. The Bertz CT molecular complexity index is 592. The molecular weight excluding hydrogens is 290 g/mol. The van der Waals surface area contributed by atoms with Crippen LogP contribution in [0.3, 0.4) is 0 Å². The molecule has 2 aromatic rings. The molecule has 0 aromatic carbocycles. The van der Waals surface area contributed by atoms with Gasteiger partial charge in [0.1, 0.15) is 0 Å². The molecule has 6 nitrogen and oxygen atoms in total. The number of piperazine rings is 1. The van der Waals surface area contributed by atoms with Crippen LogP contribution >= 0.6 is 0 Å². The zero-order chi connectivity index (χ0) is 16.1. The third-order valence-corrected chi connectivity index (χ3v) is 4.52. The molecule has 0 bridgehead atoms. The standard InChI is InChI=1S/C17H25N5O/c1-3-16-19-17(23-20-16)14(2)22-12-10-21(11-13-22)9-7-15-6-4-5-8-18-15/h4-6,8,14H,3,7,9-13H2,1-2H3/t14-/m1/s1. The largest absolute Gasteiger partial charge is 0.338 e. The molecule has 1 aliphatic heterocycles. The lowest BCUT2D eigenvalue weighted by Gasteiger charge is -2.36. The molecule has 6 heteroatoms. The smallest absolute Gasteiger partial charge is 0.243 e. The maximum atomic E-state index is 5.38. The molecule has 0 spiro atoms. The Morgan fingerprint density at radius 1 is 1.22 bits per heavy atom. The van der Waals surface area contributed by atoms with Crippen molar-refractivity contribution in [3.05, 3.63) is 41.8 Å². The van der Waals surface area contributed by atoms with Crippen LogP contribution in [0.1, 0.15) is 37.3 Å². The molecule has 3 rings (SSSR count). The van der Waals surface area contributed by atoms with Gasteiger partial charge in [-0.3, -0.25) is 9.88 Å². The van der Waals surface area contributed by atoms with E-state index in [4.69, 9.17) is 4.52 Å². The van der Waals surface area contributed by atoms with E-state index in [1.54, 1.807) is 0 Å². The SMILES string of the molecule is CCc1noc([C@@H](C)N2CCN(CCc3ccccn3)CC2)n1. The minimum Gasteiger partial charge on any atom is -0.338 e. The molecule has 124 valence electrons. The monoisotopic (exact) mass is 315 g/mol. The van der Waals surface area contributed by atoms with Crippen LogP contribution in [-0.2, 0) is 12.8 Å². The first-order valence-electron chi connectivity index (χ1n) is 8.45. The van der Waals surface area contributed by atoms with Crippen LogP contribution in [0.15, 0.2) is 28.9 Å². The molecule has 1 fully saturated rings. The minimum atomic E-state index is 0.195. The van der Waals surface area contributed by atoms with E-state index in [-0.39, 0.29) is 6.04 Å². The van der Waals surface area contributed by atoms with Gasteiger partial charge in [-0.05, 0) is 19.1 Å². The van der Waals surface area contributed by atoms with Crippen molar-refractivity contribution in [1.82, 2.24) is 24.9 Å². The summed E-state index contributed by atoms with van der Waals surface area (Å²) in [6.07, 6.45) is 3.70. The van der Waals surface area contributed by atoms with Crippen LogP contribution < -0.4 is 0 Å². The first-order valence-corrected chi connectivity index (χ1v) is 8.45. The molecule has 0 unspecified atom stereocenters. The van der Waals surface area contributed by atoms with Crippen molar-refractivity contribution >= 4 is 0 Å². The van der Waals surface area contributed by atoms with E-state index >= 15 is 0 Å². The first-order chi connectivity index (χ1) is 11.3. The van der Waals surface area contributed by atoms with E-state index in [2.05, 4.69) is 44.0 Å². The highest BCUT2D eigenvalue weighted by atomic mass is 16.5. The average molecular weight is 315 g/mol. The quantitative estimate of drug-likeness (QED) is 0.812. The van der Waals surface area contributed by atoms with E-state index in [0.717, 1.165) is 57.3 Å². The van der Waals surface area contributed by atoms with Crippen LogP contribution in [0.5, 0.6) is 0 Å². The molecule has 2 aromatic heterocycles. The molecule has 3 heterocycles. The lowest BCUT2D eigenvalue weighted by atomic mass is 10.2. The van der Waals surface area contributed by atoms with Gasteiger partial charge in [0.25, 0.3) is 0 Å². The molecule has 0 radical (unpaired) electrons. The number of aryl methyl sites for hydroxylation is 1. The topological polar surface area (TPSA) is 58.3 Å². The van der Waals surface area contributed by atoms with Gasteiger partial charge < -0.3 is 9.42 Å². The molecule has 0 aliphatic carbocycles. The van der Waals surface area contributed by atoms with Gasteiger partial charge in [0, 0.05) is 57.5 Å². The summed E-state index contributed by atoms with van der Waals surface area (Å²) in [5.41, 5.74) is 1.17. The molecule has 1 saturated heterocycles. The van der Waals surface area contributed by atoms with Gasteiger partial charge in [-0.1, -0.05) is 18.1 Å². The number of hydrogen-bond donors (Lipinski definition) is 0. The molecule has 0 saturated carbocycles. The van der Waals surface area contributed by atoms with Gasteiger partial charge in [0.2, 0.25) is 5.89 Å². The second kappa shape index (κ2) is 7.66. The number of aromatic nitrogens is 3. The van der Waals surface area contributed by atoms with E-state index in [1.165, 1.54) is 5.69 Å². The normalized spacial score (nSPS) is 18.2. The van der Waals surface area contributed by atoms with Crippen molar-refractivity contribution in [3.8, 4) is 0 Å². The lowest BCUT2D eigenvalue weighted by molar-refractivity contribution is 0.0889. The zero-order valence-electron chi connectivity index (χ0n) is 14.0. The third-order valence-electron chi connectivity index (χ3n) is 4.52. The summed E-state index contributed by atoms with van der Waals surface area (Å²) >= 11 is 0. The van der Waals surface area contributed by atoms with Gasteiger partial charge >= 0.3 is 0 Å². The number of pyridine rings is 1. The highest BCUT2D eigenvalue weighted by Crippen LogP contribution is 2.20. The second-order valence-corrected chi connectivity index (χ2v) is 6.03. The van der Waals surface area contributed by atoms with E-state index in [9.17, 15) is 0 Å². The zero-order valence-corrected chi connectivity index (χ0v) is 14.0.